The van der Waals surface area contributed by atoms with Crippen LogP contribution in [0.3, 0.4) is 0 Å². The highest BCUT2D eigenvalue weighted by Crippen LogP contribution is 2.16. The molecular formula is C4H3INO2S-. The Balaban J connectivity index is 2.84. The van der Waals surface area contributed by atoms with Gasteiger partial charge in [0.2, 0.25) is 0 Å². The van der Waals surface area contributed by atoms with Crippen molar-refractivity contribution in [1.29, 1.82) is 0 Å². The van der Waals surface area contributed by atoms with Crippen LogP contribution in [0.25, 0.3) is 0 Å². The fraction of sp³-hybridized carbons (Fsp3) is 0. The summed E-state index contributed by atoms with van der Waals surface area (Å²) < 4.78 is 26.1. The summed E-state index contributed by atoms with van der Waals surface area (Å²) in [6.45, 7) is 0. The van der Waals surface area contributed by atoms with Gasteiger partial charge in [0, 0.05) is 21.0 Å². The van der Waals surface area contributed by atoms with Crippen molar-refractivity contribution in [3.63, 3.8) is 0 Å². The first-order valence-electron chi connectivity index (χ1n) is 2.10. The molecule has 3 nitrogen and oxygen atoms in total. The zero-order valence-corrected chi connectivity index (χ0v) is 7.26. The highest BCUT2D eigenvalue weighted by atomic mass is 127. The maximum atomic E-state index is 10.2. The standard InChI is InChI=1S/C4H4INO2S/c7-9(8)4-2-1-3-5-6-4/h1-3H,(H,7,8)/p-1. The topological polar surface area (TPSA) is 52.5 Å². The molecule has 9 heavy (non-hydrogen) atoms. The van der Waals surface area contributed by atoms with E-state index in [0.717, 1.165) is 0 Å². The lowest BCUT2D eigenvalue weighted by atomic mass is 10.6. The largest absolute Gasteiger partial charge is 0.767 e. The molecule has 1 unspecified atom stereocenters. The number of halogens is 1. The van der Waals surface area contributed by atoms with Crippen molar-refractivity contribution in [2.24, 2.45) is 3.15 Å². The van der Waals surface area contributed by atoms with Crippen molar-refractivity contribution in [2.45, 2.75) is 0 Å². The molecule has 0 aromatic heterocycles. The van der Waals surface area contributed by atoms with E-state index in [1.807, 2.05) is 4.08 Å². The van der Waals surface area contributed by atoms with Crippen LogP contribution in [0.2, 0.25) is 0 Å². The Morgan fingerprint density at radius 3 is 2.89 bits per heavy atom. The predicted octanol–water partition coefficient (Wildman–Crippen LogP) is 1.39. The molecule has 0 radical (unpaired) electrons. The molecule has 1 aliphatic rings. The molecule has 0 aliphatic carbocycles. The van der Waals surface area contributed by atoms with Crippen molar-refractivity contribution in [3.05, 3.63) is 21.3 Å². The fourth-order valence-corrected chi connectivity index (χ4v) is 2.32. The molecule has 0 amide bonds. The van der Waals surface area contributed by atoms with Crippen LogP contribution < -0.4 is 0 Å². The van der Waals surface area contributed by atoms with Gasteiger partial charge in [0.15, 0.2) is 0 Å². The van der Waals surface area contributed by atoms with Crippen molar-refractivity contribution in [1.82, 2.24) is 0 Å². The van der Waals surface area contributed by atoms with Gasteiger partial charge in [-0.25, -0.2) is 3.15 Å². The van der Waals surface area contributed by atoms with E-state index in [9.17, 15) is 8.76 Å². The molecule has 0 aromatic carbocycles. The quantitative estimate of drug-likeness (QED) is 0.525. The molecule has 1 rings (SSSR count). The summed E-state index contributed by atoms with van der Waals surface area (Å²) in [5.74, 6) is 0. The highest BCUT2D eigenvalue weighted by Gasteiger charge is 1.92. The third kappa shape index (κ3) is 2.07. The molecule has 0 spiro atoms. The maximum absolute atomic E-state index is 10.2. The van der Waals surface area contributed by atoms with Gasteiger partial charge in [-0.05, 0) is 21.2 Å². The van der Waals surface area contributed by atoms with Gasteiger partial charge in [0.1, 0.15) is 5.03 Å². The molecule has 0 bridgehead atoms. The lowest BCUT2D eigenvalue weighted by molar-refractivity contribution is 0.543. The maximum Gasteiger partial charge on any atom is 0.119 e. The summed E-state index contributed by atoms with van der Waals surface area (Å²) in [5.41, 5.74) is 0. The number of nitrogens with zero attached hydrogens (tertiary/aromatic N) is 1. The summed E-state index contributed by atoms with van der Waals surface area (Å²) in [6, 6.07) is 0. The van der Waals surface area contributed by atoms with Gasteiger partial charge in [-0.3, -0.25) is 4.21 Å². The van der Waals surface area contributed by atoms with Crippen LogP contribution >= 0.6 is 21.0 Å². The number of hydrogen-bond acceptors (Lipinski definition) is 3. The molecular weight excluding hydrogens is 253 g/mol. The van der Waals surface area contributed by atoms with Gasteiger partial charge in [0.25, 0.3) is 0 Å². The lowest BCUT2D eigenvalue weighted by Crippen LogP contribution is -1.88. The second kappa shape index (κ2) is 3.33. The minimum atomic E-state index is -2.13. The molecule has 0 N–H and O–H groups in total. The summed E-state index contributed by atoms with van der Waals surface area (Å²) in [4.78, 5) is 0. The van der Waals surface area contributed by atoms with Crippen LogP contribution in [0, 0.1) is 0 Å². The fourth-order valence-electron chi connectivity index (χ4n) is 0.339. The van der Waals surface area contributed by atoms with Gasteiger partial charge >= 0.3 is 0 Å². The summed E-state index contributed by atoms with van der Waals surface area (Å²) in [5, 5.41) is 0.185. The SMILES string of the molecule is O=S([O-])C1=CC=CI=N1. The van der Waals surface area contributed by atoms with Crippen molar-refractivity contribution < 1.29 is 8.76 Å². The molecule has 0 saturated carbocycles. The molecule has 1 aliphatic heterocycles. The second-order valence-electron chi connectivity index (χ2n) is 1.24. The molecule has 1 heterocycles. The normalized spacial score (nSPS) is 20.3. The molecule has 5 heteroatoms. The number of allylic oxidation sites excluding steroid dienone is 2. The van der Waals surface area contributed by atoms with Crippen molar-refractivity contribution in [3.8, 4) is 0 Å². The van der Waals surface area contributed by atoms with Gasteiger partial charge in [0.05, 0.1) is 0 Å². The van der Waals surface area contributed by atoms with Crippen LogP contribution in [0.5, 0.6) is 0 Å². The van der Waals surface area contributed by atoms with Crippen LogP contribution in [-0.4, -0.2) is 8.76 Å². The van der Waals surface area contributed by atoms with E-state index in [2.05, 4.69) is 3.15 Å². The van der Waals surface area contributed by atoms with Gasteiger partial charge in [-0.15, -0.1) is 0 Å². The van der Waals surface area contributed by atoms with Gasteiger partial charge < -0.3 is 4.55 Å². The minimum Gasteiger partial charge on any atom is -0.767 e. The van der Waals surface area contributed by atoms with Crippen LogP contribution in [-0.2, 0) is 11.1 Å². The summed E-state index contributed by atoms with van der Waals surface area (Å²) in [7, 11) is 0. The Hall–Kier alpha value is 0.120. The molecule has 0 saturated heterocycles. The number of hydrogen-bond donors (Lipinski definition) is 0. The average molecular weight is 256 g/mol. The van der Waals surface area contributed by atoms with Crippen molar-refractivity contribution in [2.75, 3.05) is 0 Å². The lowest BCUT2D eigenvalue weighted by Gasteiger charge is -2.03. The van der Waals surface area contributed by atoms with Crippen molar-refractivity contribution >= 4 is 32.1 Å². The molecule has 1 atom stereocenters. The zero-order valence-electron chi connectivity index (χ0n) is 4.28. The first-order chi connectivity index (χ1) is 4.30. The van der Waals surface area contributed by atoms with E-state index < -0.39 is 11.1 Å². The Kier molecular flexibility index (Phi) is 2.67. The van der Waals surface area contributed by atoms with Crippen LogP contribution in [0.15, 0.2) is 24.4 Å². The van der Waals surface area contributed by atoms with Gasteiger partial charge in [-0.1, -0.05) is 6.08 Å². The monoisotopic (exact) mass is 256 g/mol. The second-order valence-corrected chi connectivity index (χ2v) is 3.89. The van der Waals surface area contributed by atoms with Gasteiger partial charge in [-0.2, -0.15) is 0 Å². The predicted molar refractivity (Wildman–Crippen MR) is 42.6 cm³/mol. The Morgan fingerprint density at radius 2 is 2.56 bits per heavy atom. The van der Waals surface area contributed by atoms with Crippen LogP contribution in [0.4, 0.5) is 0 Å². The summed E-state index contributed by atoms with van der Waals surface area (Å²) >= 11 is -2.51. The van der Waals surface area contributed by atoms with E-state index >= 15 is 0 Å². The van der Waals surface area contributed by atoms with E-state index in [1.54, 1.807) is 6.08 Å². The zero-order chi connectivity index (χ0) is 6.69. The molecule has 0 aromatic rings. The number of rotatable bonds is 1. The van der Waals surface area contributed by atoms with E-state index in [-0.39, 0.29) is 26.1 Å². The van der Waals surface area contributed by atoms with Crippen LogP contribution in [0.1, 0.15) is 0 Å². The molecule has 0 fully saturated rings. The van der Waals surface area contributed by atoms with E-state index in [0.29, 0.717) is 0 Å². The highest BCUT2D eigenvalue weighted by molar-refractivity contribution is 14.2. The first kappa shape index (κ1) is 7.23. The minimum absolute atomic E-state index is 0.185. The average Bonchev–Trinajstić information content (AvgIpc) is 1.90. The Labute approximate surface area is 65.3 Å². The Morgan fingerprint density at radius 1 is 1.78 bits per heavy atom. The molecule has 50 valence electrons. The van der Waals surface area contributed by atoms with E-state index in [4.69, 9.17) is 0 Å². The smallest absolute Gasteiger partial charge is 0.119 e. The Bertz CT molecular complexity index is 221. The third-order valence-electron chi connectivity index (χ3n) is 0.671. The third-order valence-corrected chi connectivity index (χ3v) is 3.10. The first-order valence-corrected chi connectivity index (χ1v) is 5.39. The van der Waals surface area contributed by atoms with E-state index in [1.165, 1.54) is 6.08 Å². The summed E-state index contributed by atoms with van der Waals surface area (Å²) in [6.07, 6.45) is 3.22.